The number of nitrogens with one attached hydrogen (secondary N) is 2. The lowest BCUT2D eigenvalue weighted by molar-refractivity contribution is 0.595. The Morgan fingerprint density at radius 3 is 2.54 bits per heavy atom. The molecule has 0 aliphatic carbocycles. The topological polar surface area (TPSA) is 70.6 Å². The largest absolute Gasteiger partial charge is 0.357 e. The summed E-state index contributed by atoms with van der Waals surface area (Å²) in [5.41, 5.74) is 2.40. The molecule has 5 nitrogen and oxygen atoms in total. The molecule has 0 fully saturated rings. The monoisotopic (exact) mass is 485 g/mol. The fraction of sp³-hybridized carbons (Fsp3) is 0.562. The molecule has 2 N–H and O–H groups in total. The van der Waals surface area contributed by atoms with E-state index in [1.165, 1.54) is 16.0 Å². The number of thioether (sulfide) groups is 1. The summed E-state index contributed by atoms with van der Waals surface area (Å²) >= 11 is 1.71. The summed E-state index contributed by atoms with van der Waals surface area (Å²) in [6.45, 7) is 7.38. The van der Waals surface area contributed by atoms with Crippen molar-refractivity contribution in [3.63, 3.8) is 0 Å². The predicted molar refractivity (Wildman–Crippen MR) is 116 cm³/mol. The first-order valence-electron chi connectivity index (χ1n) is 7.78. The van der Waals surface area contributed by atoms with Crippen molar-refractivity contribution >= 4 is 51.5 Å². The number of guanidine groups is 1. The molecule has 0 radical (unpaired) electrons. The summed E-state index contributed by atoms with van der Waals surface area (Å²) in [6, 6.07) is 6.33. The third-order valence-electron chi connectivity index (χ3n) is 3.34. The number of rotatable bonds is 8. The summed E-state index contributed by atoms with van der Waals surface area (Å²) in [4.78, 5) is 5.77. The highest BCUT2D eigenvalue weighted by Gasteiger charge is 2.07. The smallest absolute Gasteiger partial charge is 0.191 e. The van der Waals surface area contributed by atoms with E-state index in [0.29, 0.717) is 19.0 Å². The predicted octanol–water partition coefficient (Wildman–Crippen LogP) is 2.82. The molecule has 0 amide bonds. The Kier molecular flexibility index (Phi) is 11.7. The van der Waals surface area contributed by atoms with E-state index in [0.717, 1.165) is 6.54 Å². The molecule has 0 aliphatic rings. The molecule has 138 valence electrons. The molecule has 0 aromatic heterocycles. The molecule has 0 unspecified atom stereocenters. The van der Waals surface area contributed by atoms with Crippen molar-refractivity contribution in [2.24, 2.45) is 4.99 Å². The van der Waals surface area contributed by atoms with Gasteiger partial charge in [0.05, 0.1) is 12.3 Å². The highest BCUT2D eigenvalue weighted by Crippen LogP contribution is 2.22. The van der Waals surface area contributed by atoms with Gasteiger partial charge in [-0.2, -0.15) is 0 Å². The summed E-state index contributed by atoms with van der Waals surface area (Å²) in [6.07, 6.45) is 2.06. The zero-order valence-corrected chi connectivity index (χ0v) is 18.7. The van der Waals surface area contributed by atoms with Crippen molar-refractivity contribution in [3.8, 4) is 0 Å². The van der Waals surface area contributed by atoms with E-state index in [-0.39, 0.29) is 35.5 Å². The van der Waals surface area contributed by atoms with Crippen LogP contribution in [0.2, 0.25) is 0 Å². The number of halogens is 1. The van der Waals surface area contributed by atoms with Gasteiger partial charge in [0.2, 0.25) is 0 Å². The molecule has 0 aliphatic heterocycles. The number of hydrogen-bond donors (Lipinski definition) is 2. The average Bonchev–Trinajstić information content (AvgIpc) is 2.53. The van der Waals surface area contributed by atoms with E-state index in [9.17, 15) is 8.42 Å². The van der Waals surface area contributed by atoms with Gasteiger partial charge < -0.3 is 10.6 Å². The maximum Gasteiger partial charge on any atom is 0.191 e. The van der Waals surface area contributed by atoms with Crippen LogP contribution in [0.5, 0.6) is 0 Å². The highest BCUT2D eigenvalue weighted by atomic mass is 127. The lowest BCUT2D eigenvalue weighted by Gasteiger charge is -2.12. The fourth-order valence-corrected chi connectivity index (χ4v) is 3.36. The molecule has 1 aromatic carbocycles. The number of hydrogen-bond acceptors (Lipinski definition) is 4. The standard InChI is InChI=1S/C16H27N3O2S2.HI/c1-5-17-16(18-9-10-23(20,21)6-2)19-12-14-8-7-13(3)11-15(14)22-4;/h7-8,11H,5-6,9-10,12H2,1-4H3,(H2,17,18,19);1H. The minimum Gasteiger partial charge on any atom is -0.357 e. The van der Waals surface area contributed by atoms with Crippen LogP contribution in [0.3, 0.4) is 0 Å². The van der Waals surface area contributed by atoms with Gasteiger partial charge in [-0.25, -0.2) is 13.4 Å². The van der Waals surface area contributed by atoms with Crippen LogP contribution < -0.4 is 10.6 Å². The zero-order valence-electron chi connectivity index (χ0n) is 14.8. The quantitative estimate of drug-likeness (QED) is 0.257. The molecule has 0 atom stereocenters. The Bertz CT molecular complexity index is 634. The Balaban J connectivity index is 0.00000529. The molecule has 1 rings (SSSR count). The van der Waals surface area contributed by atoms with Crippen LogP contribution >= 0.6 is 35.7 Å². The second kappa shape index (κ2) is 12.0. The fourth-order valence-electron chi connectivity index (χ4n) is 1.96. The van der Waals surface area contributed by atoms with Gasteiger partial charge in [0.25, 0.3) is 0 Å². The van der Waals surface area contributed by atoms with Gasteiger partial charge in [0.1, 0.15) is 0 Å². The van der Waals surface area contributed by atoms with Gasteiger partial charge >= 0.3 is 0 Å². The normalized spacial score (nSPS) is 11.8. The van der Waals surface area contributed by atoms with Gasteiger partial charge in [-0.3, -0.25) is 0 Å². The molecule has 0 saturated carbocycles. The summed E-state index contributed by atoms with van der Waals surface area (Å²) in [5.74, 6) is 0.934. The van der Waals surface area contributed by atoms with Crippen LogP contribution in [0, 0.1) is 6.92 Å². The van der Waals surface area contributed by atoms with E-state index in [2.05, 4.69) is 47.0 Å². The van der Waals surface area contributed by atoms with Gasteiger partial charge in [-0.1, -0.05) is 19.1 Å². The van der Waals surface area contributed by atoms with Gasteiger partial charge in [-0.05, 0) is 37.3 Å². The van der Waals surface area contributed by atoms with Crippen molar-refractivity contribution in [2.75, 3.05) is 30.9 Å². The number of aryl methyl sites for hydroxylation is 1. The third-order valence-corrected chi connectivity index (χ3v) is 5.87. The van der Waals surface area contributed by atoms with E-state index in [1.807, 2.05) is 6.92 Å². The Hall–Kier alpha value is -0.480. The molecule has 0 saturated heterocycles. The van der Waals surface area contributed by atoms with E-state index < -0.39 is 9.84 Å². The second-order valence-electron chi connectivity index (χ2n) is 5.17. The van der Waals surface area contributed by atoms with E-state index >= 15 is 0 Å². The molecular formula is C16H28IN3O2S2. The van der Waals surface area contributed by atoms with Crippen LogP contribution in [0.15, 0.2) is 28.1 Å². The number of benzene rings is 1. The Morgan fingerprint density at radius 1 is 1.25 bits per heavy atom. The van der Waals surface area contributed by atoms with Crippen LogP contribution in [-0.4, -0.2) is 45.2 Å². The first kappa shape index (κ1) is 23.5. The van der Waals surface area contributed by atoms with Crippen molar-refractivity contribution < 1.29 is 8.42 Å². The summed E-state index contributed by atoms with van der Waals surface area (Å²) in [7, 11) is -2.96. The minimum atomic E-state index is -2.96. The molecule has 0 heterocycles. The maximum absolute atomic E-state index is 11.5. The molecule has 1 aromatic rings. The van der Waals surface area contributed by atoms with Crippen LogP contribution in [0.25, 0.3) is 0 Å². The molecule has 24 heavy (non-hydrogen) atoms. The molecule has 8 heteroatoms. The Morgan fingerprint density at radius 2 is 1.96 bits per heavy atom. The molecule has 0 spiro atoms. The Labute approximate surface area is 167 Å². The maximum atomic E-state index is 11.5. The van der Waals surface area contributed by atoms with Crippen molar-refractivity contribution in [1.29, 1.82) is 0 Å². The number of aliphatic imine (C=N–C) groups is 1. The second-order valence-corrected chi connectivity index (χ2v) is 8.49. The van der Waals surface area contributed by atoms with Gasteiger partial charge in [0.15, 0.2) is 15.8 Å². The number of nitrogens with zero attached hydrogens (tertiary/aromatic N) is 1. The van der Waals surface area contributed by atoms with Crippen LogP contribution in [-0.2, 0) is 16.4 Å². The zero-order chi connectivity index (χ0) is 17.3. The minimum absolute atomic E-state index is 0. The van der Waals surface area contributed by atoms with Crippen molar-refractivity contribution in [2.45, 2.75) is 32.2 Å². The number of sulfone groups is 1. The lowest BCUT2D eigenvalue weighted by Crippen LogP contribution is -2.39. The lowest BCUT2D eigenvalue weighted by atomic mass is 10.1. The van der Waals surface area contributed by atoms with E-state index in [4.69, 9.17) is 0 Å². The molecular weight excluding hydrogens is 457 g/mol. The van der Waals surface area contributed by atoms with E-state index in [1.54, 1.807) is 18.7 Å². The first-order valence-corrected chi connectivity index (χ1v) is 10.8. The molecule has 0 bridgehead atoms. The van der Waals surface area contributed by atoms with Crippen LogP contribution in [0.1, 0.15) is 25.0 Å². The van der Waals surface area contributed by atoms with Crippen molar-refractivity contribution in [1.82, 2.24) is 10.6 Å². The van der Waals surface area contributed by atoms with Gasteiger partial charge in [-0.15, -0.1) is 35.7 Å². The van der Waals surface area contributed by atoms with Crippen LogP contribution in [0.4, 0.5) is 0 Å². The third kappa shape index (κ3) is 8.57. The van der Waals surface area contributed by atoms with Gasteiger partial charge in [0, 0.05) is 23.7 Å². The van der Waals surface area contributed by atoms with Crippen molar-refractivity contribution in [3.05, 3.63) is 29.3 Å². The summed E-state index contributed by atoms with van der Waals surface area (Å²) in [5, 5.41) is 6.23. The summed E-state index contributed by atoms with van der Waals surface area (Å²) < 4.78 is 23.1. The average molecular weight is 485 g/mol. The SMILES string of the molecule is CCNC(=NCc1ccc(C)cc1SC)NCCS(=O)(=O)CC.I. The first-order chi connectivity index (χ1) is 10.9. The highest BCUT2D eigenvalue weighted by molar-refractivity contribution is 14.0.